The molecule has 0 atom stereocenters. The highest BCUT2D eigenvalue weighted by atomic mass is 19.3. The number of nitrogens with one attached hydrogen (secondary N) is 2. The molecule has 2 aromatic carbocycles. The van der Waals surface area contributed by atoms with Gasteiger partial charge in [-0.05, 0) is 30.3 Å². The molecule has 150 valence electrons. The molecule has 29 heavy (non-hydrogen) atoms. The van der Waals surface area contributed by atoms with Gasteiger partial charge in [0.25, 0.3) is 11.5 Å². The number of halogens is 2. The van der Waals surface area contributed by atoms with Crippen molar-refractivity contribution in [3.8, 4) is 5.75 Å². The second kappa shape index (κ2) is 8.91. The standard InChI is InChI=1S/C19H15F2N3O5/c20-19(21)29-12-7-5-11(6-8-12)22-16(25)10-28-17(26)9-15-13-3-1-2-4-14(13)18(27)24-23-15/h1-8,19H,9-10H2,(H,22,25)(H,24,27). The molecule has 0 saturated heterocycles. The smallest absolute Gasteiger partial charge is 0.387 e. The highest BCUT2D eigenvalue weighted by Gasteiger charge is 2.13. The van der Waals surface area contributed by atoms with Gasteiger partial charge in [0.05, 0.1) is 17.5 Å². The molecule has 1 aromatic heterocycles. The predicted octanol–water partition coefficient (Wildman–Crippen LogP) is 2.25. The predicted molar refractivity (Wildman–Crippen MR) is 98.7 cm³/mol. The van der Waals surface area contributed by atoms with Crippen LogP contribution in [0.3, 0.4) is 0 Å². The van der Waals surface area contributed by atoms with Gasteiger partial charge in [-0.2, -0.15) is 13.9 Å². The summed E-state index contributed by atoms with van der Waals surface area (Å²) < 4.78 is 33.3. The lowest BCUT2D eigenvalue weighted by Crippen LogP contribution is -2.22. The van der Waals surface area contributed by atoms with Crippen LogP contribution in [0.25, 0.3) is 10.8 Å². The highest BCUT2D eigenvalue weighted by Crippen LogP contribution is 2.17. The molecule has 0 aliphatic heterocycles. The Labute approximate surface area is 162 Å². The summed E-state index contributed by atoms with van der Waals surface area (Å²) in [7, 11) is 0. The Balaban J connectivity index is 1.54. The second-order valence-corrected chi connectivity index (χ2v) is 5.83. The van der Waals surface area contributed by atoms with Crippen LogP contribution in [-0.4, -0.2) is 35.3 Å². The van der Waals surface area contributed by atoms with Gasteiger partial charge < -0.3 is 14.8 Å². The number of nitrogens with zero attached hydrogens (tertiary/aromatic N) is 1. The SMILES string of the molecule is O=C(COC(=O)Cc1n[nH]c(=O)c2ccccc12)Nc1ccc(OC(F)F)cc1. The molecule has 0 aliphatic rings. The Morgan fingerprint density at radius 2 is 1.76 bits per heavy atom. The summed E-state index contributed by atoms with van der Waals surface area (Å²) in [5.74, 6) is -1.37. The van der Waals surface area contributed by atoms with E-state index in [9.17, 15) is 23.2 Å². The molecule has 3 rings (SSSR count). The summed E-state index contributed by atoms with van der Waals surface area (Å²) in [5, 5.41) is 9.54. The van der Waals surface area contributed by atoms with Crippen LogP contribution in [0.5, 0.6) is 5.75 Å². The summed E-state index contributed by atoms with van der Waals surface area (Å²) in [6.45, 7) is -3.49. The number of aromatic amines is 1. The number of carbonyl (C=O) groups excluding carboxylic acids is 2. The van der Waals surface area contributed by atoms with Crippen LogP contribution >= 0.6 is 0 Å². The first-order valence-corrected chi connectivity index (χ1v) is 8.39. The number of amides is 1. The molecule has 0 spiro atoms. The van der Waals surface area contributed by atoms with Gasteiger partial charge in [0.2, 0.25) is 0 Å². The maximum Gasteiger partial charge on any atom is 0.387 e. The lowest BCUT2D eigenvalue weighted by molar-refractivity contribution is -0.146. The number of ether oxygens (including phenoxy) is 2. The molecule has 1 heterocycles. The molecule has 0 radical (unpaired) electrons. The minimum absolute atomic E-state index is 0.0509. The first kappa shape index (κ1) is 19.9. The molecule has 2 N–H and O–H groups in total. The van der Waals surface area contributed by atoms with Crippen molar-refractivity contribution in [2.45, 2.75) is 13.0 Å². The third-order valence-electron chi connectivity index (χ3n) is 3.81. The van der Waals surface area contributed by atoms with E-state index < -0.39 is 25.1 Å². The van der Waals surface area contributed by atoms with Gasteiger partial charge in [0.15, 0.2) is 6.61 Å². The Morgan fingerprint density at radius 3 is 2.45 bits per heavy atom. The number of anilines is 1. The number of fused-ring (bicyclic) bond motifs is 1. The van der Waals surface area contributed by atoms with E-state index in [0.29, 0.717) is 22.2 Å². The molecule has 0 unspecified atom stereocenters. The zero-order valence-corrected chi connectivity index (χ0v) is 14.9. The van der Waals surface area contributed by atoms with Gasteiger partial charge in [-0.25, -0.2) is 5.10 Å². The van der Waals surface area contributed by atoms with Crippen LogP contribution in [0.15, 0.2) is 53.3 Å². The summed E-state index contributed by atoms with van der Waals surface area (Å²) in [6.07, 6.45) is -0.232. The normalized spacial score (nSPS) is 10.7. The zero-order chi connectivity index (χ0) is 20.8. The monoisotopic (exact) mass is 403 g/mol. The summed E-state index contributed by atoms with van der Waals surface area (Å²) in [6, 6.07) is 11.9. The Hall–Kier alpha value is -3.82. The molecular formula is C19H15F2N3O5. The van der Waals surface area contributed by atoms with E-state index in [4.69, 9.17) is 4.74 Å². The van der Waals surface area contributed by atoms with E-state index >= 15 is 0 Å². The summed E-state index contributed by atoms with van der Waals surface area (Å²) in [4.78, 5) is 35.7. The van der Waals surface area contributed by atoms with Crippen LogP contribution in [0.2, 0.25) is 0 Å². The Kier molecular flexibility index (Phi) is 6.12. The van der Waals surface area contributed by atoms with E-state index in [0.717, 1.165) is 0 Å². The van der Waals surface area contributed by atoms with Crippen molar-refractivity contribution in [3.05, 3.63) is 64.6 Å². The second-order valence-electron chi connectivity index (χ2n) is 5.83. The molecule has 0 saturated carbocycles. The number of H-pyrrole nitrogens is 1. The topological polar surface area (TPSA) is 110 Å². The zero-order valence-electron chi connectivity index (χ0n) is 14.9. The molecule has 10 heteroatoms. The van der Waals surface area contributed by atoms with Crippen LogP contribution in [-0.2, 0) is 20.7 Å². The van der Waals surface area contributed by atoms with Crippen LogP contribution in [0.1, 0.15) is 5.69 Å². The van der Waals surface area contributed by atoms with E-state index in [2.05, 4.69) is 20.3 Å². The Bertz CT molecular complexity index is 1080. The maximum absolute atomic E-state index is 12.1. The number of alkyl halides is 2. The quantitative estimate of drug-likeness (QED) is 0.586. The lowest BCUT2D eigenvalue weighted by Gasteiger charge is -2.08. The van der Waals surface area contributed by atoms with Gasteiger partial charge in [-0.15, -0.1) is 0 Å². The minimum Gasteiger partial charge on any atom is -0.455 e. The van der Waals surface area contributed by atoms with E-state index in [-0.39, 0.29) is 17.7 Å². The fraction of sp³-hybridized carbons (Fsp3) is 0.158. The molecular weight excluding hydrogens is 388 g/mol. The number of rotatable bonds is 7. The van der Waals surface area contributed by atoms with E-state index in [1.807, 2.05) is 0 Å². The van der Waals surface area contributed by atoms with Crippen molar-refractivity contribution in [2.75, 3.05) is 11.9 Å². The fourth-order valence-electron chi connectivity index (χ4n) is 2.56. The van der Waals surface area contributed by atoms with Gasteiger partial charge in [-0.1, -0.05) is 18.2 Å². The van der Waals surface area contributed by atoms with E-state index in [1.165, 1.54) is 24.3 Å². The lowest BCUT2D eigenvalue weighted by atomic mass is 10.1. The van der Waals surface area contributed by atoms with Gasteiger partial charge in [-0.3, -0.25) is 14.4 Å². The fourth-order valence-corrected chi connectivity index (χ4v) is 2.56. The van der Waals surface area contributed by atoms with Crippen molar-refractivity contribution in [1.29, 1.82) is 0 Å². The molecule has 0 aliphatic carbocycles. The average Bonchev–Trinajstić information content (AvgIpc) is 2.70. The molecule has 0 fully saturated rings. The van der Waals surface area contributed by atoms with Crippen LogP contribution in [0.4, 0.5) is 14.5 Å². The number of esters is 1. The van der Waals surface area contributed by atoms with E-state index in [1.54, 1.807) is 24.3 Å². The minimum atomic E-state index is -2.94. The van der Waals surface area contributed by atoms with Crippen molar-refractivity contribution in [2.24, 2.45) is 0 Å². The van der Waals surface area contributed by atoms with Crippen molar-refractivity contribution in [3.63, 3.8) is 0 Å². The number of carbonyl (C=O) groups is 2. The van der Waals surface area contributed by atoms with Crippen molar-refractivity contribution >= 4 is 28.3 Å². The molecule has 1 amide bonds. The summed E-state index contributed by atoms with van der Waals surface area (Å²) in [5.41, 5.74) is 0.267. The maximum atomic E-state index is 12.1. The number of benzene rings is 2. The summed E-state index contributed by atoms with van der Waals surface area (Å²) >= 11 is 0. The first-order valence-electron chi connectivity index (χ1n) is 8.39. The largest absolute Gasteiger partial charge is 0.455 e. The van der Waals surface area contributed by atoms with Crippen molar-refractivity contribution < 1.29 is 27.8 Å². The Morgan fingerprint density at radius 1 is 1.07 bits per heavy atom. The molecule has 0 bridgehead atoms. The number of hydrogen-bond donors (Lipinski definition) is 2. The van der Waals surface area contributed by atoms with Crippen LogP contribution < -0.4 is 15.6 Å². The van der Waals surface area contributed by atoms with Gasteiger partial charge in [0.1, 0.15) is 5.75 Å². The van der Waals surface area contributed by atoms with Crippen molar-refractivity contribution in [1.82, 2.24) is 10.2 Å². The molecule has 3 aromatic rings. The third-order valence-corrected chi connectivity index (χ3v) is 3.81. The average molecular weight is 403 g/mol. The van der Waals surface area contributed by atoms with Gasteiger partial charge in [0, 0.05) is 11.1 Å². The third kappa shape index (κ3) is 5.34. The number of hydrogen-bond acceptors (Lipinski definition) is 6. The van der Waals surface area contributed by atoms with Gasteiger partial charge >= 0.3 is 12.6 Å². The highest BCUT2D eigenvalue weighted by molar-refractivity contribution is 5.93. The molecule has 8 nitrogen and oxygen atoms in total. The number of aromatic nitrogens is 2. The first-order chi connectivity index (χ1) is 13.9. The van der Waals surface area contributed by atoms with Crippen LogP contribution in [0, 0.1) is 0 Å².